The van der Waals surface area contributed by atoms with Crippen LogP contribution >= 0.6 is 0 Å². The highest BCUT2D eigenvalue weighted by atomic mass is 16.2. The van der Waals surface area contributed by atoms with E-state index in [1.807, 2.05) is 36.2 Å². The molecule has 0 unspecified atom stereocenters. The van der Waals surface area contributed by atoms with Crippen molar-refractivity contribution >= 4 is 5.91 Å². The van der Waals surface area contributed by atoms with Gasteiger partial charge in [0.2, 0.25) is 0 Å². The minimum absolute atomic E-state index is 0.0648. The number of likely N-dealkylation sites (tertiary alicyclic amines) is 2. The summed E-state index contributed by atoms with van der Waals surface area (Å²) in [4.78, 5) is 19.7. The van der Waals surface area contributed by atoms with Gasteiger partial charge in [-0.05, 0) is 57.1 Å². The first-order valence-electron chi connectivity index (χ1n) is 9.24. The molecular formula is C20H28N4O. The number of carbonyl (C=O) groups is 1. The maximum atomic E-state index is 12.8. The Balaban J connectivity index is 1.60. The predicted octanol–water partition coefficient (Wildman–Crippen LogP) is 1.99. The number of hydrogen-bond donors (Lipinski definition) is 0. The van der Waals surface area contributed by atoms with Crippen molar-refractivity contribution in [2.75, 3.05) is 40.3 Å². The summed E-state index contributed by atoms with van der Waals surface area (Å²) in [6, 6.07) is 10.6. The van der Waals surface area contributed by atoms with E-state index in [1.54, 1.807) is 0 Å². The molecule has 25 heavy (non-hydrogen) atoms. The van der Waals surface area contributed by atoms with E-state index in [4.69, 9.17) is 5.26 Å². The maximum absolute atomic E-state index is 12.8. The van der Waals surface area contributed by atoms with Crippen LogP contribution in [0.25, 0.3) is 0 Å². The van der Waals surface area contributed by atoms with Gasteiger partial charge in [0.25, 0.3) is 5.91 Å². The molecule has 0 aromatic heterocycles. The number of benzene rings is 1. The molecule has 1 aromatic rings. The van der Waals surface area contributed by atoms with Crippen molar-refractivity contribution < 1.29 is 4.79 Å². The van der Waals surface area contributed by atoms with E-state index >= 15 is 0 Å². The zero-order valence-electron chi connectivity index (χ0n) is 15.3. The summed E-state index contributed by atoms with van der Waals surface area (Å²) in [5.74, 6) is 0.0648. The minimum atomic E-state index is 0.0648. The van der Waals surface area contributed by atoms with Gasteiger partial charge in [-0.2, -0.15) is 5.26 Å². The lowest BCUT2D eigenvalue weighted by Gasteiger charge is -2.35. The van der Waals surface area contributed by atoms with Crippen LogP contribution in [0.5, 0.6) is 0 Å². The van der Waals surface area contributed by atoms with E-state index in [9.17, 15) is 4.79 Å². The van der Waals surface area contributed by atoms with Gasteiger partial charge in [-0.15, -0.1) is 0 Å². The van der Waals surface area contributed by atoms with Crippen LogP contribution in [-0.4, -0.2) is 73.0 Å². The molecule has 2 aliphatic rings. The third-order valence-corrected chi connectivity index (χ3v) is 5.72. The molecule has 5 heteroatoms. The van der Waals surface area contributed by atoms with Crippen molar-refractivity contribution in [2.24, 2.45) is 0 Å². The Morgan fingerprint density at radius 1 is 1.28 bits per heavy atom. The molecule has 0 N–H and O–H groups in total. The lowest BCUT2D eigenvalue weighted by Crippen LogP contribution is -2.45. The third-order valence-electron chi connectivity index (χ3n) is 5.72. The Hall–Kier alpha value is -1.90. The van der Waals surface area contributed by atoms with Gasteiger partial charge in [0, 0.05) is 37.8 Å². The van der Waals surface area contributed by atoms with Gasteiger partial charge < -0.3 is 9.80 Å². The lowest BCUT2D eigenvalue weighted by molar-refractivity contribution is 0.0721. The topological polar surface area (TPSA) is 50.6 Å². The number of rotatable bonds is 4. The summed E-state index contributed by atoms with van der Waals surface area (Å²) in [7, 11) is 4.11. The molecule has 1 amide bonds. The molecule has 0 aliphatic carbocycles. The molecule has 2 saturated heterocycles. The number of hydrogen-bond acceptors (Lipinski definition) is 4. The SMILES string of the molecule is CN1CCC(N2CC[C@@H](N(C)C(=O)c3cccc(CC#N)c3)C2)CC1. The van der Waals surface area contributed by atoms with Crippen molar-refractivity contribution in [3.63, 3.8) is 0 Å². The van der Waals surface area contributed by atoms with Crippen molar-refractivity contribution in [3.05, 3.63) is 35.4 Å². The standard InChI is InChI=1S/C20H28N4O/c1-22-11-7-18(8-12-22)24-13-9-19(15-24)23(2)20(25)17-5-3-4-16(14-17)6-10-21/h3-5,14,18-19H,6-9,11-13,15H2,1-2H3/t19-/m1/s1. The number of carbonyl (C=O) groups excluding carboxylic acids is 1. The highest BCUT2D eigenvalue weighted by molar-refractivity contribution is 5.94. The number of nitriles is 1. The Bertz CT molecular complexity index is 645. The van der Waals surface area contributed by atoms with Crippen LogP contribution in [0.2, 0.25) is 0 Å². The summed E-state index contributed by atoms with van der Waals surface area (Å²) in [6.45, 7) is 4.41. The highest BCUT2D eigenvalue weighted by Gasteiger charge is 2.33. The molecule has 0 bridgehead atoms. The second-order valence-corrected chi connectivity index (χ2v) is 7.42. The van der Waals surface area contributed by atoms with Crippen LogP contribution in [0.4, 0.5) is 0 Å². The van der Waals surface area contributed by atoms with Gasteiger partial charge in [-0.25, -0.2) is 0 Å². The zero-order chi connectivity index (χ0) is 17.8. The van der Waals surface area contributed by atoms with Crippen LogP contribution in [-0.2, 0) is 6.42 Å². The van der Waals surface area contributed by atoms with Gasteiger partial charge in [-0.1, -0.05) is 12.1 Å². The first kappa shape index (κ1) is 17.9. The molecule has 1 atom stereocenters. The van der Waals surface area contributed by atoms with E-state index in [0.717, 1.165) is 25.1 Å². The molecule has 0 spiro atoms. The number of nitrogens with zero attached hydrogens (tertiary/aromatic N) is 4. The Labute approximate surface area is 150 Å². The van der Waals surface area contributed by atoms with Crippen LogP contribution in [0.3, 0.4) is 0 Å². The monoisotopic (exact) mass is 340 g/mol. The van der Waals surface area contributed by atoms with Gasteiger partial charge in [-0.3, -0.25) is 9.69 Å². The Morgan fingerprint density at radius 3 is 2.76 bits per heavy atom. The molecule has 2 fully saturated rings. The highest BCUT2D eigenvalue weighted by Crippen LogP contribution is 2.24. The fraction of sp³-hybridized carbons (Fsp3) is 0.600. The first-order chi connectivity index (χ1) is 12.1. The average molecular weight is 340 g/mol. The van der Waals surface area contributed by atoms with E-state index in [-0.39, 0.29) is 11.9 Å². The van der Waals surface area contributed by atoms with Crippen LogP contribution < -0.4 is 0 Å². The fourth-order valence-electron chi connectivity index (χ4n) is 4.05. The quantitative estimate of drug-likeness (QED) is 0.841. The second-order valence-electron chi connectivity index (χ2n) is 7.42. The van der Waals surface area contributed by atoms with E-state index in [2.05, 4.69) is 22.9 Å². The molecule has 2 aliphatic heterocycles. The van der Waals surface area contributed by atoms with Gasteiger partial charge in [0.1, 0.15) is 0 Å². The van der Waals surface area contributed by atoms with Crippen molar-refractivity contribution in [3.8, 4) is 6.07 Å². The van der Waals surface area contributed by atoms with Gasteiger partial charge in [0.05, 0.1) is 12.5 Å². The Morgan fingerprint density at radius 2 is 2.04 bits per heavy atom. The maximum Gasteiger partial charge on any atom is 0.253 e. The van der Waals surface area contributed by atoms with Crippen molar-refractivity contribution in [1.29, 1.82) is 5.26 Å². The number of piperidine rings is 1. The molecule has 3 rings (SSSR count). The summed E-state index contributed by atoms with van der Waals surface area (Å²) >= 11 is 0. The molecule has 5 nitrogen and oxygen atoms in total. The van der Waals surface area contributed by atoms with Crippen LogP contribution in [0.15, 0.2) is 24.3 Å². The van der Waals surface area contributed by atoms with E-state index < -0.39 is 0 Å². The molecule has 0 saturated carbocycles. The molecule has 134 valence electrons. The molecule has 2 heterocycles. The molecule has 1 aromatic carbocycles. The molecular weight excluding hydrogens is 312 g/mol. The van der Waals surface area contributed by atoms with Crippen molar-refractivity contribution in [1.82, 2.24) is 14.7 Å². The number of likely N-dealkylation sites (N-methyl/N-ethyl adjacent to an activating group) is 1. The summed E-state index contributed by atoms with van der Waals surface area (Å²) in [5.41, 5.74) is 1.59. The fourth-order valence-corrected chi connectivity index (χ4v) is 4.05. The Kier molecular flexibility index (Phi) is 5.72. The van der Waals surface area contributed by atoms with Crippen LogP contribution in [0, 0.1) is 11.3 Å². The lowest BCUT2D eigenvalue weighted by atomic mass is 10.0. The van der Waals surface area contributed by atoms with Crippen molar-refractivity contribution in [2.45, 2.75) is 37.8 Å². The van der Waals surface area contributed by atoms with Gasteiger partial charge in [0.15, 0.2) is 0 Å². The minimum Gasteiger partial charge on any atom is -0.337 e. The average Bonchev–Trinajstić information content (AvgIpc) is 3.12. The number of amides is 1. The largest absolute Gasteiger partial charge is 0.337 e. The summed E-state index contributed by atoms with van der Waals surface area (Å²) in [6.07, 6.45) is 3.86. The van der Waals surface area contributed by atoms with Gasteiger partial charge >= 0.3 is 0 Å². The smallest absolute Gasteiger partial charge is 0.253 e. The summed E-state index contributed by atoms with van der Waals surface area (Å²) < 4.78 is 0. The third kappa shape index (κ3) is 4.20. The first-order valence-corrected chi connectivity index (χ1v) is 9.24. The second kappa shape index (κ2) is 7.99. The summed E-state index contributed by atoms with van der Waals surface area (Å²) in [5, 5.41) is 8.85. The normalized spacial score (nSPS) is 22.7. The van der Waals surface area contributed by atoms with E-state index in [1.165, 1.54) is 25.9 Å². The zero-order valence-corrected chi connectivity index (χ0v) is 15.3. The van der Waals surface area contributed by atoms with E-state index in [0.29, 0.717) is 18.0 Å². The predicted molar refractivity (Wildman–Crippen MR) is 98.3 cm³/mol. The van der Waals surface area contributed by atoms with Crippen LogP contribution in [0.1, 0.15) is 35.2 Å². The molecule has 0 radical (unpaired) electrons.